The molecule has 0 aromatic carbocycles. The van der Waals surface area contributed by atoms with E-state index in [4.69, 9.17) is 4.74 Å². The lowest BCUT2D eigenvalue weighted by atomic mass is 10.3. The van der Waals surface area contributed by atoms with Crippen molar-refractivity contribution in [2.45, 2.75) is 11.4 Å². The van der Waals surface area contributed by atoms with Crippen LogP contribution < -0.4 is 10.1 Å². The fraction of sp³-hybridized carbons (Fsp3) is 0.231. The van der Waals surface area contributed by atoms with E-state index in [1.807, 2.05) is 6.07 Å². The van der Waals surface area contributed by atoms with Gasteiger partial charge in [0.2, 0.25) is 5.88 Å². The third-order valence-corrected chi connectivity index (χ3v) is 3.77. The second kappa shape index (κ2) is 5.87. The number of methoxy groups -OCH3 is 1. The Bertz CT molecular complexity index is 684. The Hall–Kier alpha value is -2.15. The molecular formula is C13H15N3O3S. The maximum Gasteiger partial charge on any atom is 0.212 e. The highest BCUT2D eigenvalue weighted by Gasteiger charge is 2.13. The predicted molar refractivity (Wildman–Crippen MR) is 75.5 cm³/mol. The van der Waals surface area contributed by atoms with Crippen LogP contribution in [0.25, 0.3) is 0 Å². The first-order valence-corrected chi connectivity index (χ1v) is 7.77. The third kappa shape index (κ3) is 3.45. The van der Waals surface area contributed by atoms with Crippen molar-refractivity contribution in [3.8, 4) is 5.88 Å². The topological polar surface area (TPSA) is 81.2 Å². The monoisotopic (exact) mass is 293 g/mol. The molecule has 0 bridgehead atoms. The van der Waals surface area contributed by atoms with E-state index in [9.17, 15) is 8.42 Å². The van der Waals surface area contributed by atoms with E-state index in [2.05, 4.69) is 15.3 Å². The summed E-state index contributed by atoms with van der Waals surface area (Å²) in [6.07, 6.45) is 4.36. The Morgan fingerprint density at radius 2 is 2.05 bits per heavy atom. The van der Waals surface area contributed by atoms with Gasteiger partial charge in [-0.1, -0.05) is 6.07 Å². The lowest BCUT2D eigenvalue weighted by Gasteiger charge is -2.09. The Morgan fingerprint density at radius 1 is 1.25 bits per heavy atom. The van der Waals surface area contributed by atoms with Crippen LogP contribution in [0.4, 0.5) is 5.82 Å². The van der Waals surface area contributed by atoms with Crippen LogP contribution in [0.1, 0.15) is 5.56 Å². The molecule has 0 unspecified atom stereocenters. The minimum Gasteiger partial charge on any atom is -0.481 e. The fourth-order valence-corrected chi connectivity index (χ4v) is 2.45. The second-order valence-corrected chi connectivity index (χ2v) is 6.17. The van der Waals surface area contributed by atoms with Gasteiger partial charge >= 0.3 is 0 Å². The van der Waals surface area contributed by atoms with Gasteiger partial charge in [-0.25, -0.2) is 18.4 Å². The molecule has 106 valence electrons. The van der Waals surface area contributed by atoms with E-state index in [1.165, 1.54) is 6.07 Å². The Morgan fingerprint density at radius 3 is 2.65 bits per heavy atom. The van der Waals surface area contributed by atoms with Gasteiger partial charge in [0.1, 0.15) is 10.7 Å². The van der Waals surface area contributed by atoms with Crippen molar-refractivity contribution in [1.29, 1.82) is 0 Å². The molecule has 0 spiro atoms. The first-order valence-electron chi connectivity index (χ1n) is 5.88. The van der Waals surface area contributed by atoms with Crippen LogP contribution in [0.5, 0.6) is 5.88 Å². The number of hydrogen-bond acceptors (Lipinski definition) is 6. The van der Waals surface area contributed by atoms with Crippen molar-refractivity contribution in [3.05, 3.63) is 42.2 Å². The van der Waals surface area contributed by atoms with Crippen LogP contribution >= 0.6 is 0 Å². The molecule has 0 aliphatic heterocycles. The number of anilines is 1. The first-order chi connectivity index (χ1) is 9.50. The molecule has 0 saturated carbocycles. The van der Waals surface area contributed by atoms with Gasteiger partial charge in [-0.05, 0) is 17.7 Å². The lowest BCUT2D eigenvalue weighted by Crippen LogP contribution is -2.08. The molecule has 1 N–H and O–H groups in total. The summed E-state index contributed by atoms with van der Waals surface area (Å²) >= 11 is 0. The molecule has 2 heterocycles. The van der Waals surface area contributed by atoms with Gasteiger partial charge in [0.15, 0.2) is 9.84 Å². The average Bonchev–Trinajstić information content (AvgIpc) is 2.45. The van der Waals surface area contributed by atoms with Crippen molar-refractivity contribution in [3.63, 3.8) is 0 Å². The summed E-state index contributed by atoms with van der Waals surface area (Å²) in [5.41, 5.74) is 0.899. The lowest BCUT2D eigenvalue weighted by molar-refractivity contribution is 0.397. The van der Waals surface area contributed by atoms with Gasteiger partial charge in [0.25, 0.3) is 0 Å². The van der Waals surface area contributed by atoms with Crippen molar-refractivity contribution < 1.29 is 13.2 Å². The van der Waals surface area contributed by atoms with Crippen LogP contribution in [0.15, 0.2) is 41.6 Å². The third-order valence-electron chi connectivity index (χ3n) is 2.64. The Kier molecular flexibility index (Phi) is 4.19. The summed E-state index contributed by atoms with van der Waals surface area (Å²) in [5.74, 6) is 0.870. The zero-order valence-corrected chi connectivity index (χ0v) is 12.0. The normalized spacial score (nSPS) is 11.1. The molecule has 20 heavy (non-hydrogen) atoms. The molecule has 2 rings (SSSR count). The first kappa shape index (κ1) is 14.3. The van der Waals surface area contributed by atoms with Gasteiger partial charge in [0.05, 0.1) is 7.11 Å². The number of aromatic nitrogens is 2. The number of rotatable bonds is 5. The van der Waals surface area contributed by atoms with E-state index in [-0.39, 0.29) is 4.90 Å². The molecule has 2 aromatic heterocycles. The van der Waals surface area contributed by atoms with Crippen LogP contribution in [0.3, 0.4) is 0 Å². The number of pyridine rings is 2. The Balaban J connectivity index is 2.15. The van der Waals surface area contributed by atoms with Gasteiger partial charge in [-0.3, -0.25) is 0 Å². The van der Waals surface area contributed by atoms with E-state index in [1.54, 1.807) is 31.6 Å². The number of hydrogen-bond donors (Lipinski definition) is 1. The largest absolute Gasteiger partial charge is 0.481 e. The molecule has 7 heteroatoms. The highest BCUT2D eigenvalue weighted by atomic mass is 32.2. The quantitative estimate of drug-likeness (QED) is 0.899. The number of sulfone groups is 1. The van der Waals surface area contributed by atoms with Crippen molar-refractivity contribution in [2.75, 3.05) is 18.7 Å². The smallest absolute Gasteiger partial charge is 0.212 e. The molecular weight excluding hydrogens is 278 g/mol. The molecule has 0 saturated heterocycles. The Labute approximate surface area is 117 Å². The van der Waals surface area contributed by atoms with Gasteiger partial charge in [0, 0.05) is 31.3 Å². The summed E-state index contributed by atoms with van der Waals surface area (Å²) in [5, 5.41) is 3.00. The van der Waals surface area contributed by atoms with E-state index in [0.717, 1.165) is 11.8 Å². The highest BCUT2D eigenvalue weighted by molar-refractivity contribution is 7.90. The summed E-state index contributed by atoms with van der Waals surface area (Å²) in [7, 11) is -1.76. The molecule has 0 aliphatic rings. The van der Waals surface area contributed by atoms with Crippen molar-refractivity contribution >= 4 is 15.7 Å². The van der Waals surface area contributed by atoms with Crippen LogP contribution in [0, 0.1) is 0 Å². The number of nitrogens with zero attached hydrogens (tertiary/aromatic N) is 2. The molecule has 6 nitrogen and oxygen atoms in total. The number of nitrogens with one attached hydrogen (secondary N) is 1. The van der Waals surface area contributed by atoms with Gasteiger partial charge < -0.3 is 10.1 Å². The molecule has 0 atom stereocenters. The predicted octanol–water partition coefficient (Wildman–Crippen LogP) is 1.50. The van der Waals surface area contributed by atoms with E-state index >= 15 is 0 Å². The maximum absolute atomic E-state index is 11.6. The minimum atomic E-state index is -3.31. The average molecular weight is 293 g/mol. The minimum absolute atomic E-state index is 0.182. The van der Waals surface area contributed by atoms with Gasteiger partial charge in [-0.2, -0.15) is 0 Å². The number of ether oxygens (including phenoxy) is 1. The van der Waals surface area contributed by atoms with Crippen LogP contribution in [-0.4, -0.2) is 31.8 Å². The molecule has 2 aromatic rings. The summed E-state index contributed by atoms with van der Waals surface area (Å²) < 4.78 is 28.3. The SMILES string of the molecule is COc1ccc(CNc2ncccc2S(C)(=O)=O)cn1. The van der Waals surface area contributed by atoms with Crippen LogP contribution in [0.2, 0.25) is 0 Å². The zero-order valence-electron chi connectivity index (χ0n) is 11.2. The highest BCUT2D eigenvalue weighted by Crippen LogP contribution is 2.18. The maximum atomic E-state index is 11.6. The fourth-order valence-electron chi connectivity index (χ4n) is 1.64. The molecule has 0 fully saturated rings. The summed E-state index contributed by atoms with van der Waals surface area (Å²) in [6, 6.07) is 6.71. The van der Waals surface area contributed by atoms with Gasteiger partial charge in [-0.15, -0.1) is 0 Å². The van der Waals surface area contributed by atoms with E-state index in [0.29, 0.717) is 18.2 Å². The van der Waals surface area contributed by atoms with E-state index < -0.39 is 9.84 Å². The summed E-state index contributed by atoms with van der Waals surface area (Å²) in [6.45, 7) is 0.427. The second-order valence-electron chi connectivity index (χ2n) is 4.18. The summed E-state index contributed by atoms with van der Waals surface area (Å²) in [4.78, 5) is 8.32. The van der Waals surface area contributed by atoms with Crippen molar-refractivity contribution in [2.24, 2.45) is 0 Å². The van der Waals surface area contributed by atoms with Crippen LogP contribution in [-0.2, 0) is 16.4 Å². The molecule has 0 radical (unpaired) electrons. The molecule has 0 amide bonds. The van der Waals surface area contributed by atoms with Crippen molar-refractivity contribution in [1.82, 2.24) is 9.97 Å². The zero-order chi connectivity index (χ0) is 14.6. The molecule has 0 aliphatic carbocycles. The standard InChI is InChI=1S/C13H15N3O3S/c1-19-12-6-5-10(8-15-12)9-16-13-11(20(2,17)18)4-3-7-14-13/h3-8H,9H2,1-2H3,(H,14,16).